The molecule has 2 aromatic heterocycles. The molecule has 3 heterocycles. The fourth-order valence-corrected chi connectivity index (χ4v) is 3.07. The number of aromatic nitrogens is 3. The first kappa shape index (κ1) is 13.4. The monoisotopic (exact) mass is 292 g/mol. The van der Waals surface area contributed by atoms with Crippen LogP contribution in [0.5, 0.6) is 0 Å². The van der Waals surface area contributed by atoms with Gasteiger partial charge in [0, 0.05) is 19.3 Å². The normalized spacial score (nSPS) is 17.4. The van der Waals surface area contributed by atoms with E-state index in [1.165, 1.54) is 11.8 Å². The zero-order valence-corrected chi connectivity index (χ0v) is 12.0. The Morgan fingerprint density at radius 3 is 2.95 bits per heavy atom. The average molecular weight is 292 g/mol. The predicted octanol–water partition coefficient (Wildman–Crippen LogP) is 1.07. The first-order valence-electron chi connectivity index (χ1n) is 6.58. The molecule has 0 spiro atoms. The number of rotatable bonds is 3. The van der Waals surface area contributed by atoms with E-state index in [1.54, 1.807) is 0 Å². The molecule has 1 aliphatic heterocycles. The van der Waals surface area contributed by atoms with Crippen LogP contribution in [0.1, 0.15) is 6.92 Å². The van der Waals surface area contributed by atoms with Gasteiger partial charge in [0.25, 0.3) is 0 Å². The van der Waals surface area contributed by atoms with E-state index in [1.807, 2.05) is 40.6 Å². The first-order valence-corrected chi connectivity index (χ1v) is 7.46. The van der Waals surface area contributed by atoms with E-state index in [4.69, 9.17) is 4.74 Å². The molecule has 0 aliphatic carbocycles. The summed E-state index contributed by atoms with van der Waals surface area (Å²) in [5.41, 5.74) is 0.793. The topological polar surface area (TPSA) is 59.7 Å². The minimum absolute atomic E-state index is 0.131. The molecule has 106 valence electrons. The number of nitrogens with zero attached hydrogens (tertiary/aromatic N) is 4. The molecule has 0 radical (unpaired) electrons. The fourth-order valence-electron chi connectivity index (χ4n) is 2.15. The third-order valence-corrected chi connectivity index (χ3v) is 4.28. The van der Waals surface area contributed by atoms with Gasteiger partial charge in [0.2, 0.25) is 5.91 Å². The molecular formula is C13H16N4O2S. The Kier molecular flexibility index (Phi) is 3.88. The van der Waals surface area contributed by atoms with Gasteiger partial charge in [-0.05, 0) is 19.1 Å². The van der Waals surface area contributed by atoms with Gasteiger partial charge in [-0.25, -0.2) is 0 Å². The molecule has 0 unspecified atom stereocenters. The highest BCUT2D eigenvalue weighted by Gasteiger charge is 2.24. The number of pyridine rings is 1. The standard InChI is InChI=1S/C13H16N4O2S/c1-10(12(18)16-6-8-19-9-7-16)20-13-15-14-11-4-2-3-5-17(11)13/h2-5,10H,6-9H2,1H3/t10-/m0/s1. The molecule has 1 saturated heterocycles. The zero-order valence-electron chi connectivity index (χ0n) is 11.2. The molecule has 0 saturated carbocycles. The van der Waals surface area contributed by atoms with Crippen molar-refractivity contribution in [1.29, 1.82) is 0 Å². The Morgan fingerprint density at radius 2 is 2.15 bits per heavy atom. The highest BCUT2D eigenvalue weighted by atomic mass is 32.2. The van der Waals surface area contributed by atoms with Crippen LogP contribution in [-0.2, 0) is 9.53 Å². The van der Waals surface area contributed by atoms with Gasteiger partial charge in [0.05, 0.1) is 18.5 Å². The quantitative estimate of drug-likeness (QED) is 0.792. The van der Waals surface area contributed by atoms with Crippen molar-refractivity contribution >= 4 is 23.3 Å². The summed E-state index contributed by atoms with van der Waals surface area (Å²) in [5, 5.41) is 8.80. The van der Waals surface area contributed by atoms with Crippen molar-refractivity contribution in [3.8, 4) is 0 Å². The molecule has 0 bridgehead atoms. The van der Waals surface area contributed by atoms with E-state index in [9.17, 15) is 4.79 Å². The molecule has 20 heavy (non-hydrogen) atoms. The lowest BCUT2D eigenvalue weighted by Crippen LogP contribution is -2.44. The molecule has 0 N–H and O–H groups in total. The van der Waals surface area contributed by atoms with E-state index in [0.29, 0.717) is 26.3 Å². The maximum atomic E-state index is 12.4. The van der Waals surface area contributed by atoms with E-state index in [-0.39, 0.29) is 11.2 Å². The van der Waals surface area contributed by atoms with Gasteiger partial charge in [-0.1, -0.05) is 17.8 Å². The van der Waals surface area contributed by atoms with Crippen molar-refractivity contribution in [2.45, 2.75) is 17.3 Å². The molecule has 1 atom stereocenters. The molecule has 0 aromatic carbocycles. The second-order valence-electron chi connectivity index (χ2n) is 4.61. The number of morpholine rings is 1. The number of amides is 1. The minimum Gasteiger partial charge on any atom is -0.378 e. The largest absolute Gasteiger partial charge is 0.378 e. The van der Waals surface area contributed by atoms with Crippen molar-refractivity contribution in [2.75, 3.05) is 26.3 Å². The van der Waals surface area contributed by atoms with Crippen molar-refractivity contribution in [3.05, 3.63) is 24.4 Å². The van der Waals surface area contributed by atoms with Crippen LogP contribution >= 0.6 is 11.8 Å². The third-order valence-electron chi connectivity index (χ3n) is 3.24. The van der Waals surface area contributed by atoms with Crippen LogP contribution in [0.3, 0.4) is 0 Å². The van der Waals surface area contributed by atoms with Crippen LogP contribution < -0.4 is 0 Å². The lowest BCUT2D eigenvalue weighted by molar-refractivity contribution is -0.134. The molecular weight excluding hydrogens is 276 g/mol. The average Bonchev–Trinajstić information content (AvgIpc) is 2.91. The highest BCUT2D eigenvalue weighted by molar-refractivity contribution is 8.00. The van der Waals surface area contributed by atoms with Gasteiger partial charge in [-0.15, -0.1) is 10.2 Å². The Balaban J connectivity index is 1.71. The summed E-state index contributed by atoms with van der Waals surface area (Å²) in [4.78, 5) is 14.2. The predicted molar refractivity (Wildman–Crippen MR) is 75.7 cm³/mol. The lowest BCUT2D eigenvalue weighted by atomic mass is 10.3. The van der Waals surface area contributed by atoms with E-state index < -0.39 is 0 Å². The van der Waals surface area contributed by atoms with Crippen molar-refractivity contribution < 1.29 is 9.53 Å². The molecule has 1 amide bonds. The number of ether oxygens (including phenoxy) is 1. The van der Waals surface area contributed by atoms with Crippen LogP contribution in [-0.4, -0.2) is 57.0 Å². The lowest BCUT2D eigenvalue weighted by Gasteiger charge is -2.28. The van der Waals surface area contributed by atoms with E-state index >= 15 is 0 Å². The van der Waals surface area contributed by atoms with Crippen LogP contribution in [0, 0.1) is 0 Å². The number of fused-ring (bicyclic) bond motifs is 1. The fraction of sp³-hybridized carbons (Fsp3) is 0.462. The maximum Gasteiger partial charge on any atom is 0.236 e. The minimum atomic E-state index is -0.180. The molecule has 7 heteroatoms. The summed E-state index contributed by atoms with van der Waals surface area (Å²) in [5.74, 6) is 0.131. The summed E-state index contributed by atoms with van der Waals surface area (Å²) in [7, 11) is 0. The number of carbonyl (C=O) groups is 1. The van der Waals surface area contributed by atoms with Gasteiger partial charge in [0.15, 0.2) is 10.8 Å². The maximum absolute atomic E-state index is 12.4. The summed E-state index contributed by atoms with van der Waals surface area (Å²) in [6, 6.07) is 5.74. The molecule has 3 rings (SSSR count). The van der Waals surface area contributed by atoms with Gasteiger partial charge in [-0.3, -0.25) is 9.20 Å². The smallest absolute Gasteiger partial charge is 0.236 e. The number of hydrogen-bond acceptors (Lipinski definition) is 5. The zero-order chi connectivity index (χ0) is 13.9. The summed E-state index contributed by atoms with van der Waals surface area (Å²) < 4.78 is 7.16. The van der Waals surface area contributed by atoms with E-state index in [0.717, 1.165) is 10.8 Å². The second-order valence-corrected chi connectivity index (χ2v) is 5.92. The Hall–Kier alpha value is -1.60. The van der Waals surface area contributed by atoms with Crippen LogP contribution in [0.25, 0.3) is 5.65 Å². The van der Waals surface area contributed by atoms with Crippen LogP contribution in [0.2, 0.25) is 0 Å². The number of carbonyl (C=O) groups excluding carboxylic acids is 1. The number of thioether (sulfide) groups is 1. The summed E-state index contributed by atoms with van der Waals surface area (Å²) in [6.45, 7) is 4.50. The Morgan fingerprint density at radius 1 is 1.35 bits per heavy atom. The van der Waals surface area contributed by atoms with Gasteiger partial charge >= 0.3 is 0 Å². The summed E-state index contributed by atoms with van der Waals surface area (Å²) in [6.07, 6.45) is 1.91. The number of hydrogen-bond donors (Lipinski definition) is 0. The van der Waals surface area contributed by atoms with Gasteiger partial charge in [0.1, 0.15) is 0 Å². The van der Waals surface area contributed by atoms with Crippen molar-refractivity contribution in [2.24, 2.45) is 0 Å². The molecule has 1 fully saturated rings. The van der Waals surface area contributed by atoms with Gasteiger partial charge < -0.3 is 9.64 Å². The molecule has 2 aromatic rings. The van der Waals surface area contributed by atoms with Crippen LogP contribution in [0.15, 0.2) is 29.6 Å². The second kappa shape index (κ2) is 5.80. The third kappa shape index (κ3) is 2.64. The molecule has 1 aliphatic rings. The first-order chi connectivity index (χ1) is 9.75. The Labute approximate surface area is 121 Å². The Bertz CT molecular complexity index is 609. The molecule has 6 nitrogen and oxygen atoms in total. The van der Waals surface area contributed by atoms with Crippen LogP contribution in [0.4, 0.5) is 0 Å². The van der Waals surface area contributed by atoms with Crippen molar-refractivity contribution in [3.63, 3.8) is 0 Å². The van der Waals surface area contributed by atoms with Gasteiger partial charge in [-0.2, -0.15) is 0 Å². The van der Waals surface area contributed by atoms with E-state index in [2.05, 4.69) is 10.2 Å². The highest BCUT2D eigenvalue weighted by Crippen LogP contribution is 2.23. The SMILES string of the molecule is C[C@H](Sc1nnc2ccccn12)C(=O)N1CCOCC1. The van der Waals surface area contributed by atoms with Crippen molar-refractivity contribution in [1.82, 2.24) is 19.5 Å². The summed E-state index contributed by atoms with van der Waals surface area (Å²) >= 11 is 1.44.